The predicted molar refractivity (Wildman–Crippen MR) is 86.5 cm³/mol. The third-order valence-electron chi connectivity index (χ3n) is 3.95. The highest BCUT2D eigenvalue weighted by Gasteiger charge is 2.14. The largest absolute Gasteiger partial charge is 0.341 e. The van der Waals surface area contributed by atoms with Crippen LogP contribution in [0.5, 0.6) is 0 Å². The minimum Gasteiger partial charge on any atom is -0.341 e. The van der Waals surface area contributed by atoms with Gasteiger partial charge in [0.2, 0.25) is 0 Å². The fourth-order valence-corrected chi connectivity index (χ4v) is 3.11. The van der Waals surface area contributed by atoms with Crippen molar-refractivity contribution in [2.75, 3.05) is 0 Å². The van der Waals surface area contributed by atoms with Crippen molar-refractivity contribution in [1.29, 1.82) is 0 Å². The lowest BCUT2D eigenvalue weighted by molar-refractivity contribution is 0.669. The number of benzene rings is 1. The Hall–Kier alpha value is -1.78. The van der Waals surface area contributed by atoms with Crippen molar-refractivity contribution in [3.63, 3.8) is 0 Å². The summed E-state index contributed by atoms with van der Waals surface area (Å²) in [5.41, 5.74) is 10.1. The van der Waals surface area contributed by atoms with E-state index < -0.39 is 0 Å². The van der Waals surface area contributed by atoms with Gasteiger partial charge in [-0.25, -0.2) is 0 Å². The molecule has 0 amide bonds. The summed E-state index contributed by atoms with van der Waals surface area (Å²) in [6, 6.07) is 8.34. The fraction of sp³-hybridized carbons (Fsp3) is 0.312. The van der Waals surface area contributed by atoms with Crippen LogP contribution in [0.25, 0.3) is 10.9 Å². The van der Waals surface area contributed by atoms with Crippen molar-refractivity contribution in [3.8, 4) is 0 Å². The van der Waals surface area contributed by atoms with Gasteiger partial charge in [-0.2, -0.15) is 5.10 Å². The maximum Gasteiger partial charge on any atom is 0.0868 e. The summed E-state index contributed by atoms with van der Waals surface area (Å²) in [4.78, 5) is 0. The summed E-state index contributed by atoms with van der Waals surface area (Å²) in [7, 11) is 1.94. The number of rotatable bonds is 4. The van der Waals surface area contributed by atoms with Crippen LogP contribution in [-0.2, 0) is 26.6 Å². The van der Waals surface area contributed by atoms with E-state index in [4.69, 9.17) is 17.3 Å². The molecule has 3 aromatic rings. The molecule has 2 heterocycles. The molecule has 3 rings (SSSR count). The van der Waals surface area contributed by atoms with E-state index in [1.165, 1.54) is 10.9 Å². The van der Waals surface area contributed by atoms with Crippen LogP contribution in [0.4, 0.5) is 0 Å². The van der Waals surface area contributed by atoms with E-state index in [2.05, 4.69) is 41.0 Å². The molecule has 0 saturated heterocycles. The van der Waals surface area contributed by atoms with Crippen LogP contribution in [0.15, 0.2) is 30.5 Å². The zero-order valence-corrected chi connectivity index (χ0v) is 13.1. The molecular weight excluding hydrogens is 284 g/mol. The smallest absolute Gasteiger partial charge is 0.0868 e. The van der Waals surface area contributed by atoms with Gasteiger partial charge in [0, 0.05) is 30.7 Å². The number of nitrogens with zero attached hydrogens (tertiary/aromatic N) is 3. The first kappa shape index (κ1) is 14.2. The second kappa shape index (κ2) is 5.54. The molecule has 0 aliphatic heterocycles. The average Bonchev–Trinajstić information content (AvgIpc) is 3.03. The Balaban J connectivity index is 2.05. The van der Waals surface area contributed by atoms with Crippen LogP contribution in [0.3, 0.4) is 0 Å². The molecule has 0 aliphatic rings. The van der Waals surface area contributed by atoms with Gasteiger partial charge in [0.25, 0.3) is 0 Å². The van der Waals surface area contributed by atoms with Gasteiger partial charge in [-0.05, 0) is 24.1 Å². The second-order valence-corrected chi connectivity index (χ2v) is 5.56. The highest BCUT2D eigenvalue weighted by Crippen LogP contribution is 2.25. The van der Waals surface area contributed by atoms with E-state index in [1.807, 2.05) is 17.8 Å². The van der Waals surface area contributed by atoms with Gasteiger partial charge in [-0.15, -0.1) is 0 Å². The van der Waals surface area contributed by atoms with Gasteiger partial charge in [0.05, 0.1) is 23.0 Å². The Morgan fingerprint density at radius 2 is 2.10 bits per heavy atom. The number of halogens is 1. The summed E-state index contributed by atoms with van der Waals surface area (Å²) in [6.07, 6.45) is 2.93. The lowest BCUT2D eigenvalue weighted by Crippen LogP contribution is -2.05. The standard InChI is InChI=1S/C16H19ClN4/c1-3-13-16(17)15(20(2)19-13)10-21-8-7-12-11(9-18)5-4-6-14(12)21/h4-8H,3,9-10,18H2,1-2H3. The first-order valence-electron chi connectivity index (χ1n) is 7.12. The molecule has 1 aromatic carbocycles. The monoisotopic (exact) mass is 302 g/mol. The molecule has 0 fully saturated rings. The predicted octanol–water partition coefficient (Wildman–Crippen LogP) is 3.10. The summed E-state index contributed by atoms with van der Waals surface area (Å²) in [5, 5.41) is 6.45. The van der Waals surface area contributed by atoms with E-state index in [-0.39, 0.29) is 0 Å². The van der Waals surface area contributed by atoms with Crippen molar-refractivity contribution < 1.29 is 0 Å². The van der Waals surface area contributed by atoms with Crippen LogP contribution in [0.2, 0.25) is 5.02 Å². The van der Waals surface area contributed by atoms with Gasteiger partial charge in [0.15, 0.2) is 0 Å². The topological polar surface area (TPSA) is 48.8 Å². The van der Waals surface area contributed by atoms with Crippen LogP contribution >= 0.6 is 11.6 Å². The number of hydrogen-bond donors (Lipinski definition) is 1. The molecule has 2 N–H and O–H groups in total. The highest BCUT2D eigenvalue weighted by atomic mass is 35.5. The molecule has 0 saturated carbocycles. The van der Waals surface area contributed by atoms with Gasteiger partial charge in [-0.1, -0.05) is 30.7 Å². The Labute approximate surface area is 129 Å². The third-order valence-corrected chi connectivity index (χ3v) is 4.38. The third kappa shape index (κ3) is 2.34. The molecular formula is C16H19ClN4. The SMILES string of the molecule is CCc1nn(C)c(Cn2ccc3c(CN)cccc32)c1Cl. The van der Waals surface area contributed by atoms with Crippen molar-refractivity contribution in [2.24, 2.45) is 12.8 Å². The molecule has 0 unspecified atom stereocenters. The van der Waals surface area contributed by atoms with E-state index in [0.717, 1.165) is 28.4 Å². The molecule has 0 spiro atoms. The molecule has 5 heteroatoms. The molecule has 2 aromatic heterocycles. The summed E-state index contributed by atoms with van der Waals surface area (Å²) < 4.78 is 4.07. The Kier molecular flexibility index (Phi) is 3.74. The molecule has 110 valence electrons. The Bertz CT molecular complexity index is 785. The van der Waals surface area contributed by atoms with Crippen LogP contribution in [-0.4, -0.2) is 14.3 Å². The van der Waals surface area contributed by atoms with Gasteiger partial charge >= 0.3 is 0 Å². The Morgan fingerprint density at radius 1 is 1.29 bits per heavy atom. The van der Waals surface area contributed by atoms with Gasteiger partial charge < -0.3 is 10.3 Å². The van der Waals surface area contributed by atoms with Crippen molar-refractivity contribution >= 4 is 22.5 Å². The lowest BCUT2D eigenvalue weighted by atomic mass is 10.1. The number of nitrogens with two attached hydrogens (primary N) is 1. The van der Waals surface area contributed by atoms with Crippen LogP contribution in [0, 0.1) is 0 Å². The molecule has 4 nitrogen and oxygen atoms in total. The number of hydrogen-bond acceptors (Lipinski definition) is 2. The first-order chi connectivity index (χ1) is 10.2. The van der Waals surface area contributed by atoms with Gasteiger partial charge in [0.1, 0.15) is 0 Å². The molecule has 0 bridgehead atoms. The quantitative estimate of drug-likeness (QED) is 0.805. The number of fused-ring (bicyclic) bond motifs is 1. The maximum atomic E-state index is 6.44. The second-order valence-electron chi connectivity index (χ2n) is 5.18. The lowest BCUT2D eigenvalue weighted by Gasteiger charge is -2.08. The summed E-state index contributed by atoms with van der Waals surface area (Å²) in [5.74, 6) is 0. The van der Waals surface area contributed by atoms with Crippen molar-refractivity contribution in [1.82, 2.24) is 14.3 Å². The number of aryl methyl sites for hydroxylation is 2. The molecule has 0 radical (unpaired) electrons. The normalized spacial score (nSPS) is 11.4. The minimum atomic E-state index is 0.549. The maximum absolute atomic E-state index is 6.44. The van der Waals surface area contributed by atoms with E-state index in [9.17, 15) is 0 Å². The van der Waals surface area contributed by atoms with Crippen molar-refractivity contribution in [2.45, 2.75) is 26.4 Å². The van der Waals surface area contributed by atoms with E-state index in [0.29, 0.717) is 13.1 Å². The van der Waals surface area contributed by atoms with E-state index >= 15 is 0 Å². The van der Waals surface area contributed by atoms with Gasteiger partial charge in [-0.3, -0.25) is 4.68 Å². The molecule has 0 atom stereocenters. The van der Waals surface area contributed by atoms with Crippen molar-refractivity contribution in [3.05, 3.63) is 52.4 Å². The average molecular weight is 303 g/mol. The number of aromatic nitrogens is 3. The van der Waals surface area contributed by atoms with Crippen LogP contribution in [0.1, 0.15) is 23.9 Å². The first-order valence-corrected chi connectivity index (χ1v) is 7.50. The molecule has 21 heavy (non-hydrogen) atoms. The summed E-state index contributed by atoms with van der Waals surface area (Å²) in [6.45, 7) is 3.32. The molecule has 0 aliphatic carbocycles. The zero-order chi connectivity index (χ0) is 15.0. The van der Waals surface area contributed by atoms with Crippen LogP contribution < -0.4 is 5.73 Å². The minimum absolute atomic E-state index is 0.549. The van der Waals surface area contributed by atoms with E-state index in [1.54, 1.807) is 0 Å². The highest BCUT2D eigenvalue weighted by molar-refractivity contribution is 6.31. The summed E-state index contributed by atoms with van der Waals surface area (Å²) >= 11 is 6.44. The zero-order valence-electron chi connectivity index (χ0n) is 12.3. The Morgan fingerprint density at radius 3 is 2.76 bits per heavy atom. The fourth-order valence-electron chi connectivity index (χ4n) is 2.76.